The standard InChI is InChI=1S/C28H17N3/c1-2-5-20-16(4-1)12-18-15-24-19(14-23(18)20)13-17-7-8-21-22-6-3-9-29-27(22)31-11-10-30-28(31)26(21)25(17)24/h1-11,14-15H,12-13H2. The molecule has 0 N–H and O–H groups in total. The van der Waals surface area contributed by atoms with Gasteiger partial charge in [0.05, 0.1) is 0 Å². The van der Waals surface area contributed by atoms with Crippen LogP contribution in [0, 0.1) is 0 Å². The van der Waals surface area contributed by atoms with Gasteiger partial charge in [-0.25, -0.2) is 9.97 Å². The van der Waals surface area contributed by atoms with Crippen molar-refractivity contribution in [1.29, 1.82) is 0 Å². The first-order valence-electron chi connectivity index (χ1n) is 10.8. The van der Waals surface area contributed by atoms with E-state index in [-0.39, 0.29) is 0 Å². The summed E-state index contributed by atoms with van der Waals surface area (Å²) in [4.78, 5) is 9.44. The zero-order chi connectivity index (χ0) is 20.1. The van der Waals surface area contributed by atoms with Crippen LogP contribution >= 0.6 is 0 Å². The van der Waals surface area contributed by atoms with Crippen molar-refractivity contribution < 1.29 is 0 Å². The first-order valence-corrected chi connectivity index (χ1v) is 10.8. The van der Waals surface area contributed by atoms with Crippen LogP contribution in [0.3, 0.4) is 0 Å². The molecule has 2 aliphatic rings. The molecule has 3 heterocycles. The topological polar surface area (TPSA) is 30.2 Å². The van der Waals surface area contributed by atoms with E-state index in [0.29, 0.717) is 0 Å². The third kappa shape index (κ3) is 1.89. The predicted molar refractivity (Wildman–Crippen MR) is 124 cm³/mol. The molecule has 6 aromatic rings. The maximum Gasteiger partial charge on any atom is 0.146 e. The Hall–Kier alpha value is -3.98. The second kappa shape index (κ2) is 5.38. The van der Waals surface area contributed by atoms with Gasteiger partial charge in [-0.2, -0.15) is 0 Å². The predicted octanol–water partition coefficient (Wildman–Crippen LogP) is 6.18. The smallest absolute Gasteiger partial charge is 0.146 e. The van der Waals surface area contributed by atoms with E-state index < -0.39 is 0 Å². The largest absolute Gasteiger partial charge is 0.283 e. The Morgan fingerprint density at radius 2 is 1.45 bits per heavy atom. The number of nitrogens with zero attached hydrogens (tertiary/aromatic N) is 3. The lowest BCUT2D eigenvalue weighted by Crippen LogP contribution is -1.95. The minimum Gasteiger partial charge on any atom is -0.283 e. The molecule has 0 amide bonds. The third-order valence-corrected chi connectivity index (χ3v) is 7.13. The highest BCUT2D eigenvalue weighted by molar-refractivity contribution is 6.17. The molecule has 0 radical (unpaired) electrons. The molecular formula is C28H17N3. The van der Waals surface area contributed by atoms with Crippen LogP contribution in [-0.2, 0) is 12.8 Å². The van der Waals surface area contributed by atoms with Crippen molar-refractivity contribution in [3.05, 3.63) is 102 Å². The molecule has 0 unspecified atom stereocenters. The molecule has 3 aromatic heterocycles. The Kier molecular flexibility index (Phi) is 2.74. The molecule has 0 bridgehead atoms. The van der Waals surface area contributed by atoms with Gasteiger partial charge < -0.3 is 0 Å². The van der Waals surface area contributed by atoms with E-state index in [4.69, 9.17) is 4.98 Å². The molecule has 3 aromatic carbocycles. The minimum absolute atomic E-state index is 0.963. The molecule has 0 saturated carbocycles. The minimum atomic E-state index is 0.963. The van der Waals surface area contributed by atoms with Crippen LogP contribution in [0.1, 0.15) is 22.3 Å². The number of benzene rings is 3. The lowest BCUT2D eigenvalue weighted by molar-refractivity contribution is 1.20. The number of fused-ring (bicyclic) bond motifs is 13. The third-order valence-electron chi connectivity index (χ3n) is 7.13. The highest BCUT2D eigenvalue weighted by atomic mass is 15.0. The molecule has 2 aliphatic carbocycles. The average molecular weight is 395 g/mol. The fraction of sp³-hybridized carbons (Fsp3) is 0.0714. The maximum absolute atomic E-state index is 4.78. The number of imidazole rings is 1. The molecular weight excluding hydrogens is 378 g/mol. The van der Waals surface area contributed by atoms with Crippen LogP contribution in [0.15, 0.2) is 79.3 Å². The molecule has 3 nitrogen and oxygen atoms in total. The second-order valence-corrected chi connectivity index (χ2v) is 8.69. The quantitative estimate of drug-likeness (QED) is 0.287. The van der Waals surface area contributed by atoms with E-state index >= 15 is 0 Å². The highest BCUT2D eigenvalue weighted by Crippen LogP contribution is 2.48. The Bertz CT molecular complexity index is 1740. The van der Waals surface area contributed by atoms with Gasteiger partial charge in [-0.1, -0.05) is 36.4 Å². The van der Waals surface area contributed by atoms with Gasteiger partial charge in [0.1, 0.15) is 11.3 Å². The fourth-order valence-electron chi connectivity index (χ4n) is 5.83. The summed E-state index contributed by atoms with van der Waals surface area (Å²) in [7, 11) is 0. The van der Waals surface area contributed by atoms with Crippen LogP contribution in [0.25, 0.3) is 49.7 Å². The number of hydrogen-bond donors (Lipinski definition) is 0. The summed E-state index contributed by atoms with van der Waals surface area (Å²) >= 11 is 0. The van der Waals surface area contributed by atoms with Crippen LogP contribution in [-0.4, -0.2) is 14.4 Å². The highest BCUT2D eigenvalue weighted by Gasteiger charge is 2.28. The summed E-state index contributed by atoms with van der Waals surface area (Å²) in [6.07, 6.45) is 7.77. The van der Waals surface area contributed by atoms with Gasteiger partial charge in [-0.05, 0) is 87.0 Å². The van der Waals surface area contributed by atoms with E-state index in [1.807, 2.05) is 24.7 Å². The van der Waals surface area contributed by atoms with Gasteiger partial charge in [0, 0.05) is 29.4 Å². The Labute approximate surface area is 178 Å². The molecule has 3 heteroatoms. The van der Waals surface area contributed by atoms with Crippen LogP contribution in [0.5, 0.6) is 0 Å². The summed E-state index contributed by atoms with van der Waals surface area (Å²) in [6.45, 7) is 0. The molecule has 0 spiro atoms. The van der Waals surface area contributed by atoms with E-state index in [2.05, 4.69) is 64.0 Å². The number of hydrogen-bond acceptors (Lipinski definition) is 2. The van der Waals surface area contributed by atoms with Crippen LogP contribution in [0.4, 0.5) is 0 Å². The van der Waals surface area contributed by atoms with Gasteiger partial charge in [0.25, 0.3) is 0 Å². The van der Waals surface area contributed by atoms with E-state index in [9.17, 15) is 0 Å². The zero-order valence-corrected chi connectivity index (χ0v) is 16.8. The molecule has 144 valence electrons. The number of rotatable bonds is 0. The number of pyridine rings is 2. The molecule has 0 atom stereocenters. The second-order valence-electron chi connectivity index (χ2n) is 8.69. The van der Waals surface area contributed by atoms with Gasteiger partial charge >= 0.3 is 0 Å². The van der Waals surface area contributed by atoms with Crippen LogP contribution in [0.2, 0.25) is 0 Å². The van der Waals surface area contributed by atoms with Crippen LogP contribution < -0.4 is 0 Å². The van der Waals surface area contributed by atoms with Crippen molar-refractivity contribution >= 4 is 27.5 Å². The molecule has 0 fully saturated rings. The molecule has 8 rings (SSSR count). The van der Waals surface area contributed by atoms with Gasteiger partial charge in [0.15, 0.2) is 0 Å². The van der Waals surface area contributed by atoms with Crippen molar-refractivity contribution in [3.8, 4) is 22.3 Å². The lowest BCUT2D eigenvalue weighted by atomic mass is 9.94. The molecule has 0 aliphatic heterocycles. The van der Waals surface area contributed by atoms with Crippen molar-refractivity contribution in [2.24, 2.45) is 0 Å². The maximum atomic E-state index is 4.78. The Balaban J connectivity index is 1.50. The summed E-state index contributed by atoms with van der Waals surface area (Å²) < 4.78 is 2.14. The van der Waals surface area contributed by atoms with E-state index in [1.165, 1.54) is 60.7 Å². The van der Waals surface area contributed by atoms with E-state index in [0.717, 1.165) is 24.1 Å². The molecule has 31 heavy (non-hydrogen) atoms. The first-order chi connectivity index (χ1) is 15.4. The summed E-state index contributed by atoms with van der Waals surface area (Å²) in [6, 6.07) is 22.5. The van der Waals surface area contributed by atoms with Gasteiger partial charge in [-0.3, -0.25) is 4.40 Å². The zero-order valence-electron chi connectivity index (χ0n) is 16.8. The van der Waals surface area contributed by atoms with Crippen molar-refractivity contribution in [2.45, 2.75) is 12.8 Å². The summed E-state index contributed by atoms with van der Waals surface area (Å²) in [5.74, 6) is 0. The Morgan fingerprint density at radius 3 is 2.45 bits per heavy atom. The van der Waals surface area contributed by atoms with Crippen molar-refractivity contribution in [2.75, 3.05) is 0 Å². The molecule has 0 saturated heterocycles. The SMILES string of the molecule is c1ccc2c(c1)Cc1cc3c(cc1-2)Cc1ccc2c4cccnc4n4ccnc4c2c1-3. The van der Waals surface area contributed by atoms with Crippen molar-refractivity contribution in [1.82, 2.24) is 14.4 Å². The summed E-state index contributed by atoms with van der Waals surface area (Å²) in [5, 5.41) is 3.65. The average Bonchev–Trinajstić information content (AvgIpc) is 3.52. The Morgan fingerprint density at radius 1 is 0.613 bits per heavy atom. The number of aromatic nitrogens is 3. The van der Waals surface area contributed by atoms with Crippen molar-refractivity contribution in [3.63, 3.8) is 0 Å². The normalized spacial score (nSPS) is 13.5. The van der Waals surface area contributed by atoms with Gasteiger partial charge in [0.2, 0.25) is 0 Å². The first kappa shape index (κ1) is 15.8. The summed E-state index contributed by atoms with van der Waals surface area (Å²) in [5.41, 5.74) is 13.2. The lowest BCUT2D eigenvalue weighted by Gasteiger charge is -2.12. The van der Waals surface area contributed by atoms with E-state index in [1.54, 1.807) is 0 Å². The fourth-order valence-corrected chi connectivity index (χ4v) is 5.83. The monoisotopic (exact) mass is 395 g/mol. The van der Waals surface area contributed by atoms with Gasteiger partial charge in [-0.15, -0.1) is 0 Å².